The predicted octanol–water partition coefficient (Wildman–Crippen LogP) is 1.94. The molecule has 3 heterocycles. The molecule has 2 aliphatic rings. The van der Waals surface area contributed by atoms with Gasteiger partial charge in [-0.2, -0.15) is 0 Å². The van der Waals surface area contributed by atoms with Crippen molar-refractivity contribution in [2.45, 2.75) is 25.2 Å². The zero-order valence-corrected chi connectivity index (χ0v) is 15.4. The summed E-state index contributed by atoms with van der Waals surface area (Å²) in [4.78, 5) is 28.8. The van der Waals surface area contributed by atoms with Crippen LogP contribution in [0.5, 0.6) is 0 Å². The van der Waals surface area contributed by atoms with Crippen molar-refractivity contribution in [2.75, 3.05) is 33.4 Å². The normalized spacial score (nSPS) is 22.2. The van der Waals surface area contributed by atoms with Gasteiger partial charge in [-0.3, -0.25) is 4.79 Å². The fraction of sp³-hybridized carbons (Fsp3) is 0.600. The minimum atomic E-state index is -1.10. The molecule has 2 fully saturated rings. The van der Waals surface area contributed by atoms with E-state index in [4.69, 9.17) is 37.4 Å². The second-order valence-electron chi connectivity index (χ2n) is 5.97. The largest absolute Gasteiger partial charge is 0.453 e. The van der Waals surface area contributed by atoms with Crippen molar-refractivity contribution in [3.63, 3.8) is 0 Å². The molecular formula is C15H19Cl2N3O5. The van der Waals surface area contributed by atoms with Crippen LogP contribution in [0, 0.1) is 6.92 Å². The van der Waals surface area contributed by atoms with Crippen molar-refractivity contribution in [2.24, 2.45) is 0 Å². The lowest BCUT2D eigenvalue weighted by Crippen LogP contribution is -2.64. The van der Waals surface area contributed by atoms with Gasteiger partial charge in [0, 0.05) is 12.2 Å². The minimum absolute atomic E-state index is 0.170. The molecule has 2 amide bonds. The summed E-state index contributed by atoms with van der Waals surface area (Å²) in [6.07, 6.45) is -0.00984. The summed E-state index contributed by atoms with van der Waals surface area (Å²) in [6, 6.07) is -0.443. The number of rotatable bonds is 2. The van der Waals surface area contributed by atoms with Crippen molar-refractivity contribution in [1.82, 2.24) is 15.2 Å². The number of likely N-dealkylation sites (tertiary alicyclic amines) is 1. The fourth-order valence-corrected chi connectivity index (χ4v) is 3.57. The molecule has 1 aromatic rings. The maximum Gasteiger partial charge on any atom is 0.409 e. The number of H-pyrrole nitrogens is 1. The van der Waals surface area contributed by atoms with E-state index in [0.29, 0.717) is 36.9 Å². The third kappa shape index (κ3) is 3.31. The Balaban J connectivity index is 1.78. The first-order chi connectivity index (χ1) is 11.9. The summed E-state index contributed by atoms with van der Waals surface area (Å²) in [5.74, 6) is -1.50. The summed E-state index contributed by atoms with van der Waals surface area (Å²) in [6.45, 7) is 3.07. The quantitative estimate of drug-likeness (QED) is 0.803. The third-order valence-corrected chi connectivity index (χ3v) is 5.37. The van der Waals surface area contributed by atoms with Crippen LogP contribution in [0.1, 0.15) is 22.6 Å². The number of carbonyl (C=O) groups is 2. The molecule has 1 aromatic heterocycles. The van der Waals surface area contributed by atoms with Crippen LogP contribution in [0.15, 0.2) is 0 Å². The van der Waals surface area contributed by atoms with Crippen LogP contribution in [0.25, 0.3) is 0 Å². The molecule has 1 atom stereocenters. The Morgan fingerprint density at radius 3 is 2.56 bits per heavy atom. The van der Waals surface area contributed by atoms with Crippen molar-refractivity contribution < 1.29 is 23.8 Å². The van der Waals surface area contributed by atoms with E-state index in [-0.39, 0.29) is 17.3 Å². The zero-order valence-electron chi connectivity index (χ0n) is 13.9. The number of hydrogen-bond acceptors (Lipinski definition) is 5. The molecule has 0 radical (unpaired) electrons. The summed E-state index contributed by atoms with van der Waals surface area (Å²) in [7, 11) is 1.32. The fourth-order valence-electron chi connectivity index (χ4n) is 3.15. The van der Waals surface area contributed by atoms with Gasteiger partial charge >= 0.3 is 6.09 Å². The van der Waals surface area contributed by atoms with Gasteiger partial charge in [0.1, 0.15) is 5.69 Å². The second-order valence-corrected chi connectivity index (χ2v) is 6.72. The average molecular weight is 392 g/mol. The van der Waals surface area contributed by atoms with E-state index in [9.17, 15) is 9.59 Å². The molecule has 1 spiro atoms. The van der Waals surface area contributed by atoms with E-state index >= 15 is 0 Å². The monoisotopic (exact) mass is 391 g/mol. The lowest BCUT2D eigenvalue weighted by atomic mass is 9.97. The number of aromatic nitrogens is 1. The first kappa shape index (κ1) is 18.3. The maximum absolute atomic E-state index is 12.6. The van der Waals surface area contributed by atoms with Crippen LogP contribution in [0.2, 0.25) is 10.0 Å². The molecular weight excluding hydrogens is 373 g/mol. The van der Waals surface area contributed by atoms with Crippen LogP contribution in [0.4, 0.5) is 4.79 Å². The number of amides is 2. The molecule has 2 aliphatic heterocycles. The van der Waals surface area contributed by atoms with Gasteiger partial charge in [-0.25, -0.2) is 4.79 Å². The van der Waals surface area contributed by atoms with E-state index in [1.54, 1.807) is 6.92 Å². The molecule has 8 nitrogen and oxygen atoms in total. The van der Waals surface area contributed by atoms with Gasteiger partial charge in [-0.15, -0.1) is 0 Å². The molecule has 138 valence electrons. The van der Waals surface area contributed by atoms with E-state index < -0.39 is 23.8 Å². The molecule has 1 unspecified atom stereocenters. The van der Waals surface area contributed by atoms with Gasteiger partial charge in [0.2, 0.25) is 5.79 Å². The number of carbonyl (C=O) groups excluding carboxylic acids is 2. The lowest BCUT2D eigenvalue weighted by molar-refractivity contribution is -0.200. The summed E-state index contributed by atoms with van der Waals surface area (Å²) < 4.78 is 16.3. The Kier molecular flexibility index (Phi) is 5.15. The van der Waals surface area contributed by atoms with Crippen LogP contribution in [-0.2, 0) is 14.2 Å². The number of ether oxygens (including phenoxy) is 3. The number of methoxy groups -OCH3 is 1. The molecule has 0 aliphatic carbocycles. The maximum atomic E-state index is 12.6. The van der Waals surface area contributed by atoms with Crippen LogP contribution in [-0.4, -0.2) is 67.1 Å². The Bertz CT molecular complexity index is 687. The standard InChI is InChI=1S/C15H19Cl2N3O5/c1-8-10(16)11(17)12(18-8)13(21)19-9-3-4-20(14(22)23-2)7-15(9)24-5-6-25-15/h9,18H,3-7H2,1-2H3,(H,19,21). The summed E-state index contributed by atoms with van der Waals surface area (Å²) >= 11 is 12.1. The van der Waals surface area contributed by atoms with Crippen molar-refractivity contribution in [3.05, 3.63) is 21.4 Å². The lowest BCUT2D eigenvalue weighted by Gasteiger charge is -2.43. The number of halogens is 2. The molecule has 2 saturated heterocycles. The topological polar surface area (TPSA) is 92.9 Å². The molecule has 25 heavy (non-hydrogen) atoms. The smallest absolute Gasteiger partial charge is 0.409 e. The highest BCUT2D eigenvalue weighted by Gasteiger charge is 2.50. The third-order valence-electron chi connectivity index (χ3n) is 4.43. The van der Waals surface area contributed by atoms with Gasteiger partial charge in [0.05, 0.1) is 43.0 Å². The summed E-state index contributed by atoms with van der Waals surface area (Å²) in [5, 5.41) is 3.37. The second kappa shape index (κ2) is 7.03. The van der Waals surface area contributed by atoms with E-state index in [1.165, 1.54) is 12.0 Å². The predicted molar refractivity (Wildman–Crippen MR) is 90.0 cm³/mol. The van der Waals surface area contributed by atoms with E-state index in [2.05, 4.69) is 10.3 Å². The van der Waals surface area contributed by atoms with Gasteiger partial charge in [0.25, 0.3) is 5.91 Å². The first-order valence-electron chi connectivity index (χ1n) is 7.83. The highest BCUT2D eigenvalue weighted by molar-refractivity contribution is 6.44. The number of hydrogen-bond donors (Lipinski definition) is 2. The zero-order chi connectivity index (χ0) is 18.2. The van der Waals surface area contributed by atoms with Gasteiger partial charge < -0.3 is 29.4 Å². The SMILES string of the molecule is COC(=O)N1CCC(NC(=O)c2[nH]c(C)c(Cl)c2Cl)C2(C1)OCCO2. The van der Waals surface area contributed by atoms with Crippen molar-refractivity contribution in [1.29, 1.82) is 0 Å². The van der Waals surface area contributed by atoms with Gasteiger partial charge in [-0.05, 0) is 13.3 Å². The molecule has 10 heteroatoms. The number of nitrogens with zero attached hydrogens (tertiary/aromatic N) is 1. The van der Waals surface area contributed by atoms with E-state index in [0.717, 1.165) is 0 Å². The van der Waals surface area contributed by atoms with E-state index in [1.807, 2.05) is 0 Å². The number of aromatic amines is 1. The van der Waals surface area contributed by atoms with Gasteiger partial charge in [0.15, 0.2) is 0 Å². The highest BCUT2D eigenvalue weighted by Crippen LogP contribution is 2.33. The van der Waals surface area contributed by atoms with Crippen molar-refractivity contribution >= 4 is 35.2 Å². The molecule has 0 bridgehead atoms. The van der Waals surface area contributed by atoms with Crippen LogP contribution in [0.3, 0.4) is 0 Å². The Labute approximate surface area is 154 Å². The first-order valence-corrected chi connectivity index (χ1v) is 8.59. The summed E-state index contributed by atoms with van der Waals surface area (Å²) in [5.41, 5.74) is 0.799. The number of nitrogens with one attached hydrogen (secondary N) is 2. The molecule has 0 aromatic carbocycles. The molecule has 3 rings (SSSR count). The molecule has 0 saturated carbocycles. The highest BCUT2D eigenvalue weighted by atomic mass is 35.5. The minimum Gasteiger partial charge on any atom is -0.453 e. The Morgan fingerprint density at radius 1 is 1.32 bits per heavy atom. The Hall–Kier alpha value is -1.48. The number of aryl methyl sites for hydroxylation is 1. The van der Waals surface area contributed by atoms with Crippen LogP contribution >= 0.6 is 23.2 Å². The number of piperidine rings is 1. The average Bonchev–Trinajstić information content (AvgIpc) is 3.17. The van der Waals surface area contributed by atoms with Crippen LogP contribution < -0.4 is 5.32 Å². The Morgan fingerprint density at radius 2 is 2.00 bits per heavy atom. The van der Waals surface area contributed by atoms with Gasteiger partial charge in [-0.1, -0.05) is 23.2 Å². The van der Waals surface area contributed by atoms with Crippen molar-refractivity contribution in [3.8, 4) is 0 Å². The molecule has 2 N–H and O–H groups in total.